The number of benzene rings is 14. The SMILES string of the molecule is Cc1cc(-c2ccc(N(c3ccccc3-c3cccc4c3oc3ccccc34)c3cc4ccccc4c4ccccc34)c(C)c2)ccc1N(c1ccccc1-c1cccc2c1oc1ccccc12)c1cc2ccccc2c2ccccc12. The first-order valence-corrected chi connectivity index (χ1v) is 28.1. The Hall–Kier alpha value is -10.7. The molecular formula is C78H52N2O2. The van der Waals surface area contributed by atoms with Gasteiger partial charge >= 0.3 is 0 Å². The van der Waals surface area contributed by atoms with Crippen molar-refractivity contribution in [2.24, 2.45) is 0 Å². The van der Waals surface area contributed by atoms with Crippen LogP contribution < -0.4 is 9.80 Å². The third-order valence-electron chi connectivity index (χ3n) is 16.9. The Bertz CT molecular complexity index is 4910. The Balaban J connectivity index is 0.869. The van der Waals surface area contributed by atoms with E-state index in [4.69, 9.17) is 8.83 Å². The number of anilines is 6. The molecule has 0 saturated carbocycles. The molecule has 4 heteroatoms. The summed E-state index contributed by atoms with van der Waals surface area (Å²) in [6, 6.07) is 101. The largest absolute Gasteiger partial charge is 0.455 e. The summed E-state index contributed by atoms with van der Waals surface area (Å²) < 4.78 is 13.5. The minimum absolute atomic E-state index is 0.879. The van der Waals surface area contributed by atoms with Crippen molar-refractivity contribution in [3.8, 4) is 33.4 Å². The molecule has 0 N–H and O–H groups in total. The standard InChI is InChI=1S/C78H52N2O2/c1-49-45-51(41-43-69(49)79(73-47-53-21-3-5-23-55(53)57-25-7-9-27-59(57)73)71-37-15-11-29-61(71)65-33-19-35-67-63-31-13-17-39-75(63)81-77(65)67)52-42-44-70(50(2)46-52)80(74-48-54-22-4-6-24-56(54)58-26-8-10-28-60(58)74)72-38-16-12-30-62(72)66-34-20-36-68-64-32-14-18-40-76(64)82-78(66)68/h3-48H,1-2H3. The zero-order valence-electron chi connectivity index (χ0n) is 45.3. The molecule has 0 fully saturated rings. The van der Waals surface area contributed by atoms with Crippen molar-refractivity contribution in [1.82, 2.24) is 0 Å². The van der Waals surface area contributed by atoms with Gasteiger partial charge in [-0.25, -0.2) is 0 Å². The molecule has 4 nitrogen and oxygen atoms in total. The summed E-state index contributed by atoms with van der Waals surface area (Å²) in [5, 5.41) is 14.0. The van der Waals surface area contributed by atoms with Crippen LogP contribution in [0, 0.1) is 13.8 Å². The third kappa shape index (κ3) is 7.53. The van der Waals surface area contributed by atoms with Gasteiger partial charge < -0.3 is 18.6 Å². The fourth-order valence-electron chi connectivity index (χ4n) is 13.1. The molecule has 0 aliphatic rings. The van der Waals surface area contributed by atoms with Crippen LogP contribution in [0.2, 0.25) is 0 Å². The van der Waals surface area contributed by atoms with Crippen molar-refractivity contribution in [1.29, 1.82) is 0 Å². The first-order valence-electron chi connectivity index (χ1n) is 28.1. The fraction of sp³-hybridized carbons (Fsp3) is 0.0256. The lowest BCUT2D eigenvalue weighted by atomic mass is 9.94. The van der Waals surface area contributed by atoms with Gasteiger partial charge in [0, 0.05) is 65.9 Å². The van der Waals surface area contributed by atoms with Gasteiger partial charge in [-0.05, 0) is 129 Å². The Morgan fingerprint density at radius 3 is 1.01 bits per heavy atom. The van der Waals surface area contributed by atoms with Gasteiger partial charge in [-0.1, -0.05) is 218 Å². The van der Waals surface area contributed by atoms with Gasteiger partial charge in [0.1, 0.15) is 22.3 Å². The molecule has 0 unspecified atom stereocenters. The van der Waals surface area contributed by atoms with Gasteiger partial charge in [0.25, 0.3) is 0 Å². The second-order valence-electron chi connectivity index (χ2n) is 21.6. The first kappa shape index (κ1) is 47.3. The van der Waals surface area contributed by atoms with Crippen LogP contribution in [0.5, 0.6) is 0 Å². The van der Waals surface area contributed by atoms with Gasteiger partial charge in [0.2, 0.25) is 0 Å². The molecule has 0 atom stereocenters. The van der Waals surface area contributed by atoms with Crippen molar-refractivity contribution in [2.75, 3.05) is 9.80 Å². The summed E-state index contributed by atoms with van der Waals surface area (Å²) in [5.74, 6) is 0. The molecule has 0 aliphatic heterocycles. The van der Waals surface area contributed by atoms with Crippen molar-refractivity contribution < 1.29 is 8.83 Å². The number of para-hydroxylation sites is 6. The van der Waals surface area contributed by atoms with Crippen LogP contribution in [0.1, 0.15) is 11.1 Å². The van der Waals surface area contributed by atoms with Gasteiger partial charge in [-0.3, -0.25) is 0 Å². The van der Waals surface area contributed by atoms with Gasteiger partial charge in [-0.2, -0.15) is 0 Å². The summed E-state index contributed by atoms with van der Waals surface area (Å²) in [7, 11) is 0. The lowest BCUT2D eigenvalue weighted by Gasteiger charge is -2.31. The van der Waals surface area contributed by atoms with Crippen LogP contribution in [-0.2, 0) is 0 Å². The summed E-state index contributed by atoms with van der Waals surface area (Å²) >= 11 is 0. The van der Waals surface area contributed by atoms with Crippen LogP contribution in [0.3, 0.4) is 0 Å². The summed E-state index contributed by atoms with van der Waals surface area (Å²) in [5.41, 5.74) is 18.9. The molecule has 2 heterocycles. The first-order chi connectivity index (χ1) is 40.5. The lowest BCUT2D eigenvalue weighted by molar-refractivity contribution is 0.669. The number of hydrogen-bond donors (Lipinski definition) is 0. The van der Waals surface area contributed by atoms with Gasteiger partial charge in [0.15, 0.2) is 0 Å². The maximum Gasteiger partial charge on any atom is 0.143 e. The van der Waals surface area contributed by atoms with Crippen molar-refractivity contribution in [3.05, 3.63) is 290 Å². The molecule has 0 radical (unpaired) electrons. The maximum atomic E-state index is 6.75. The Labute approximate surface area is 474 Å². The van der Waals surface area contributed by atoms with Crippen molar-refractivity contribution in [3.63, 3.8) is 0 Å². The van der Waals surface area contributed by atoms with Crippen LogP contribution in [0.15, 0.2) is 288 Å². The monoisotopic (exact) mass is 1050 g/mol. The highest BCUT2D eigenvalue weighted by Gasteiger charge is 2.27. The molecule has 82 heavy (non-hydrogen) atoms. The highest BCUT2D eigenvalue weighted by molar-refractivity contribution is 6.18. The predicted octanol–water partition coefficient (Wildman–Crippen LogP) is 22.7. The van der Waals surface area contributed by atoms with Crippen molar-refractivity contribution in [2.45, 2.75) is 13.8 Å². The molecule has 0 spiro atoms. The summed E-state index contributed by atoms with van der Waals surface area (Å²) in [6.45, 7) is 4.51. The molecule has 386 valence electrons. The minimum Gasteiger partial charge on any atom is -0.455 e. The van der Waals surface area contributed by atoms with E-state index in [1.165, 1.54) is 43.1 Å². The van der Waals surface area contributed by atoms with E-state index >= 15 is 0 Å². The molecule has 0 saturated heterocycles. The maximum absolute atomic E-state index is 6.75. The van der Waals surface area contributed by atoms with Crippen LogP contribution in [-0.4, -0.2) is 0 Å². The Morgan fingerprint density at radius 1 is 0.232 bits per heavy atom. The average Bonchev–Trinajstić information content (AvgIpc) is 4.00. The highest BCUT2D eigenvalue weighted by atomic mass is 16.3. The van der Waals surface area contributed by atoms with E-state index in [1.54, 1.807) is 0 Å². The molecule has 16 rings (SSSR count). The number of fused-ring (bicyclic) bond motifs is 12. The number of nitrogens with zero attached hydrogens (tertiary/aromatic N) is 2. The zero-order chi connectivity index (χ0) is 54.4. The molecule has 16 aromatic rings. The Kier molecular flexibility index (Phi) is 11.0. The zero-order valence-corrected chi connectivity index (χ0v) is 45.3. The molecule has 0 amide bonds. The van der Waals surface area contributed by atoms with Crippen LogP contribution in [0.25, 0.3) is 120 Å². The van der Waals surface area contributed by atoms with E-state index in [9.17, 15) is 0 Å². The van der Waals surface area contributed by atoms with E-state index in [-0.39, 0.29) is 0 Å². The minimum atomic E-state index is 0.879. The van der Waals surface area contributed by atoms with Gasteiger partial charge in [0.05, 0.1) is 22.7 Å². The number of hydrogen-bond acceptors (Lipinski definition) is 4. The number of furan rings is 2. The number of rotatable bonds is 9. The van der Waals surface area contributed by atoms with E-state index in [1.807, 2.05) is 12.1 Å². The quantitative estimate of drug-likeness (QED) is 0.135. The predicted molar refractivity (Wildman–Crippen MR) is 346 cm³/mol. The van der Waals surface area contributed by atoms with E-state index in [0.717, 1.165) is 123 Å². The normalized spacial score (nSPS) is 11.8. The van der Waals surface area contributed by atoms with Crippen LogP contribution in [0.4, 0.5) is 34.1 Å². The number of aryl methyl sites for hydroxylation is 2. The average molecular weight is 1050 g/mol. The topological polar surface area (TPSA) is 32.8 Å². The molecule has 14 aromatic carbocycles. The Morgan fingerprint density at radius 2 is 0.573 bits per heavy atom. The van der Waals surface area contributed by atoms with E-state index in [0.29, 0.717) is 0 Å². The summed E-state index contributed by atoms with van der Waals surface area (Å²) in [4.78, 5) is 4.96. The smallest absolute Gasteiger partial charge is 0.143 e. The molecule has 0 bridgehead atoms. The molecular weight excluding hydrogens is 997 g/mol. The third-order valence-corrected chi connectivity index (χ3v) is 16.9. The molecule has 2 aromatic heterocycles. The van der Waals surface area contributed by atoms with Crippen LogP contribution >= 0.6 is 0 Å². The van der Waals surface area contributed by atoms with Gasteiger partial charge in [-0.15, -0.1) is 0 Å². The fourth-order valence-corrected chi connectivity index (χ4v) is 13.1. The lowest BCUT2D eigenvalue weighted by Crippen LogP contribution is -2.13. The van der Waals surface area contributed by atoms with Crippen molar-refractivity contribution >= 4 is 121 Å². The second-order valence-corrected chi connectivity index (χ2v) is 21.6. The molecule has 0 aliphatic carbocycles. The highest BCUT2D eigenvalue weighted by Crippen LogP contribution is 2.51. The second kappa shape index (κ2) is 19.0. The van der Waals surface area contributed by atoms with E-state index < -0.39 is 0 Å². The summed E-state index contributed by atoms with van der Waals surface area (Å²) in [6.07, 6.45) is 0. The van der Waals surface area contributed by atoms with E-state index in [2.05, 4.69) is 291 Å².